The van der Waals surface area contributed by atoms with E-state index in [-0.39, 0.29) is 21.7 Å². The summed E-state index contributed by atoms with van der Waals surface area (Å²) in [5, 5.41) is 5.55. The Morgan fingerprint density at radius 2 is 0.618 bits per heavy atom. The van der Waals surface area contributed by atoms with E-state index in [0.29, 0.717) is 0 Å². The summed E-state index contributed by atoms with van der Waals surface area (Å²) in [5.74, 6) is 0. The first-order chi connectivity index (χ1) is 33.2. The Hall–Kier alpha value is -6.50. The highest BCUT2D eigenvalue weighted by Crippen LogP contribution is 2.65. The number of benzene rings is 9. The fourth-order valence-corrected chi connectivity index (χ4v) is 15.8. The van der Waals surface area contributed by atoms with E-state index < -0.39 is 0 Å². The molecule has 6 aliphatic rings. The summed E-state index contributed by atoms with van der Waals surface area (Å²) in [7, 11) is 0. The predicted molar refractivity (Wildman–Crippen MR) is 286 cm³/mol. The van der Waals surface area contributed by atoms with Crippen LogP contribution in [0.25, 0.3) is 88.3 Å². The Labute approximate surface area is 402 Å². The Kier molecular flexibility index (Phi) is 7.90. The average molecular weight is 875 g/mol. The zero-order valence-electron chi connectivity index (χ0n) is 40.1. The molecule has 0 nitrogen and oxygen atoms in total. The molecule has 0 N–H and O–H groups in total. The van der Waals surface area contributed by atoms with Gasteiger partial charge < -0.3 is 0 Å². The average Bonchev–Trinajstić information content (AvgIpc) is 3.96. The van der Waals surface area contributed by atoms with Crippen LogP contribution in [0, 0.1) is 0 Å². The van der Waals surface area contributed by atoms with E-state index >= 15 is 0 Å². The Balaban J connectivity index is 0.918. The lowest BCUT2D eigenvalue weighted by Crippen LogP contribution is -2.28. The smallest absolute Gasteiger partial charge is 0.0215 e. The van der Waals surface area contributed by atoms with Gasteiger partial charge in [0.15, 0.2) is 0 Å². The van der Waals surface area contributed by atoms with Gasteiger partial charge in [-0.25, -0.2) is 0 Å². The molecule has 0 aromatic heterocycles. The van der Waals surface area contributed by atoms with Crippen molar-refractivity contribution in [1.29, 1.82) is 0 Å². The van der Waals surface area contributed by atoms with Crippen LogP contribution >= 0.6 is 0 Å². The lowest BCUT2D eigenvalue weighted by Gasteiger charge is -2.36. The van der Waals surface area contributed by atoms with Crippen molar-refractivity contribution in [3.8, 4) is 66.8 Å². The molecule has 2 spiro atoms. The Bertz CT molecular complexity index is 3410. The molecule has 0 atom stereocenters. The van der Waals surface area contributed by atoms with Gasteiger partial charge in [-0.3, -0.25) is 0 Å². The summed E-state index contributed by atoms with van der Waals surface area (Å²) >= 11 is 0. The maximum absolute atomic E-state index is 2.73. The third-order valence-corrected chi connectivity index (χ3v) is 19.1. The molecule has 9 aromatic rings. The molecule has 6 aliphatic carbocycles. The van der Waals surface area contributed by atoms with Crippen molar-refractivity contribution in [2.45, 2.75) is 114 Å². The molecule has 0 saturated heterocycles. The fourth-order valence-electron chi connectivity index (χ4n) is 15.8. The van der Waals surface area contributed by atoms with Gasteiger partial charge in [0.1, 0.15) is 0 Å². The van der Waals surface area contributed by atoms with Gasteiger partial charge in [0, 0.05) is 21.7 Å². The molecule has 68 heavy (non-hydrogen) atoms. The normalized spacial score (nSPS) is 18.8. The lowest BCUT2D eigenvalue weighted by molar-refractivity contribution is 0.353. The highest BCUT2D eigenvalue weighted by Gasteiger charge is 2.50. The van der Waals surface area contributed by atoms with E-state index in [1.807, 2.05) is 0 Å². The second-order valence-electron chi connectivity index (χ2n) is 22.9. The molecule has 0 amide bonds. The molecule has 9 aromatic carbocycles. The van der Waals surface area contributed by atoms with Crippen molar-refractivity contribution >= 4 is 21.5 Å². The van der Waals surface area contributed by atoms with Gasteiger partial charge in [-0.1, -0.05) is 188 Å². The summed E-state index contributed by atoms with van der Waals surface area (Å²) in [6.45, 7) is 10.1. The van der Waals surface area contributed by atoms with Crippen molar-refractivity contribution in [3.63, 3.8) is 0 Å². The largest absolute Gasteiger partial charge is 0.0622 e. The minimum atomic E-state index is -0.142. The fraction of sp³-hybridized carbons (Fsp3) is 0.265. The third-order valence-electron chi connectivity index (χ3n) is 19.1. The zero-order chi connectivity index (χ0) is 45.3. The summed E-state index contributed by atoms with van der Waals surface area (Å²) in [6, 6.07) is 62.3. The summed E-state index contributed by atoms with van der Waals surface area (Å²) in [5.41, 5.74) is 29.3. The van der Waals surface area contributed by atoms with Crippen LogP contribution in [0.2, 0.25) is 0 Å². The van der Waals surface area contributed by atoms with Crippen molar-refractivity contribution in [2.24, 2.45) is 0 Å². The molecule has 0 bridgehead atoms. The highest BCUT2D eigenvalue weighted by molar-refractivity contribution is 6.10. The van der Waals surface area contributed by atoms with Crippen molar-refractivity contribution in [3.05, 3.63) is 202 Å². The Morgan fingerprint density at radius 3 is 1.00 bits per heavy atom. The zero-order valence-corrected chi connectivity index (χ0v) is 40.1. The van der Waals surface area contributed by atoms with E-state index in [1.165, 1.54) is 175 Å². The molecule has 0 aliphatic heterocycles. The summed E-state index contributed by atoms with van der Waals surface area (Å²) in [4.78, 5) is 0. The summed E-state index contributed by atoms with van der Waals surface area (Å²) < 4.78 is 0. The Morgan fingerprint density at radius 1 is 0.265 bits per heavy atom. The van der Waals surface area contributed by atoms with Gasteiger partial charge in [-0.05, 0) is 195 Å². The van der Waals surface area contributed by atoms with Gasteiger partial charge in [-0.2, -0.15) is 0 Å². The standard InChI is InChI=1S/C68H58/c1-65(2)57-35-50-52-38-62-54(64-48-26-18-24-44(42-21-11-6-12-22-42)46(48)28-30-56(64)68(62)33-15-8-16-34-68)40-60(52)66(3,4)58(50)36-49(57)51-37-61-53(39-59(51)65)63-47-25-17-23-43(41-19-9-5-10-20-41)45(47)27-29-55(63)67(61)31-13-7-14-32-67/h5-6,9-12,17-30,35-40H,7-8,13-16,31-34H2,1-4H3. The van der Waals surface area contributed by atoms with Gasteiger partial charge in [-0.15, -0.1) is 0 Å². The SMILES string of the molecule is CC1(C)c2cc3c(cc2-c2cc4c(cc21)-c1c(ccc2c(-c5ccccc5)cccc12)C41CCCCC1)C(C)(C)c1cc2c(cc1-3)C1(CCCCC1)c1ccc3c(-c4ccccc4)cccc3c1-2. The number of fused-ring (bicyclic) bond motifs is 20. The van der Waals surface area contributed by atoms with E-state index in [4.69, 9.17) is 0 Å². The first-order valence-electron chi connectivity index (χ1n) is 26.0. The van der Waals surface area contributed by atoms with Crippen molar-refractivity contribution in [1.82, 2.24) is 0 Å². The number of hydrogen-bond donors (Lipinski definition) is 0. The predicted octanol–water partition coefficient (Wildman–Crippen LogP) is 18.4. The molecule has 2 saturated carbocycles. The molecule has 0 heteroatoms. The molecule has 330 valence electrons. The minimum absolute atomic E-state index is 0.0615. The van der Waals surface area contributed by atoms with Crippen molar-refractivity contribution < 1.29 is 0 Å². The topological polar surface area (TPSA) is 0 Å². The lowest BCUT2D eigenvalue weighted by atomic mass is 9.67. The second-order valence-corrected chi connectivity index (χ2v) is 22.9. The van der Waals surface area contributed by atoms with Gasteiger partial charge in [0.2, 0.25) is 0 Å². The highest BCUT2D eigenvalue weighted by atomic mass is 14.5. The van der Waals surface area contributed by atoms with E-state index in [2.05, 4.69) is 185 Å². The third kappa shape index (κ3) is 4.92. The number of rotatable bonds is 2. The first-order valence-corrected chi connectivity index (χ1v) is 26.0. The quantitative estimate of drug-likeness (QED) is 0.162. The van der Waals surface area contributed by atoms with Gasteiger partial charge in [0.05, 0.1) is 0 Å². The van der Waals surface area contributed by atoms with E-state index in [1.54, 1.807) is 22.3 Å². The monoisotopic (exact) mass is 874 g/mol. The number of hydrogen-bond acceptors (Lipinski definition) is 0. The van der Waals surface area contributed by atoms with Crippen LogP contribution < -0.4 is 0 Å². The molecular formula is C68H58. The van der Waals surface area contributed by atoms with Crippen LogP contribution in [0.5, 0.6) is 0 Å². The minimum Gasteiger partial charge on any atom is -0.0622 e. The molecule has 15 rings (SSSR count). The van der Waals surface area contributed by atoms with Crippen LogP contribution in [0.1, 0.15) is 136 Å². The van der Waals surface area contributed by atoms with Gasteiger partial charge in [0.25, 0.3) is 0 Å². The molecule has 0 unspecified atom stereocenters. The van der Waals surface area contributed by atoms with Crippen LogP contribution in [0.15, 0.2) is 158 Å². The van der Waals surface area contributed by atoms with Crippen LogP contribution in [-0.4, -0.2) is 0 Å². The van der Waals surface area contributed by atoms with Gasteiger partial charge >= 0.3 is 0 Å². The maximum atomic E-state index is 2.73. The van der Waals surface area contributed by atoms with E-state index in [9.17, 15) is 0 Å². The molecule has 2 fully saturated rings. The molecular weight excluding hydrogens is 817 g/mol. The first kappa shape index (κ1) is 39.5. The molecule has 0 heterocycles. The maximum Gasteiger partial charge on any atom is 0.0215 e. The van der Waals surface area contributed by atoms with E-state index in [0.717, 1.165) is 0 Å². The van der Waals surface area contributed by atoms with Crippen molar-refractivity contribution in [2.75, 3.05) is 0 Å². The van der Waals surface area contributed by atoms with Crippen LogP contribution in [-0.2, 0) is 21.7 Å². The van der Waals surface area contributed by atoms with Crippen LogP contribution in [0.3, 0.4) is 0 Å². The molecule has 0 radical (unpaired) electrons. The second kappa shape index (κ2) is 13.6. The van der Waals surface area contributed by atoms with Crippen LogP contribution in [0.4, 0.5) is 0 Å². The summed E-state index contributed by atoms with van der Waals surface area (Å²) in [6.07, 6.45) is 12.8.